The molecule has 164 valence electrons. The van der Waals surface area contributed by atoms with Crippen LogP contribution in [0.15, 0.2) is 12.4 Å². The van der Waals surface area contributed by atoms with Gasteiger partial charge in [0.2, 0.25) is 5.91 Å². The van der Waals surface area contributed by atoms with Crippen LogP contribution in [0.4, 0.5) is 5.69 Å². The number of nitrogens with zero attached hydrogens (tertiary/aromatic N) is 4. The molecule has 1 aromatic rings. The molecule has 3 fully saturated rings. The van der Waals surface area contributed by atoms with E-state index in [2.05, 4.69) is 25.1 Å². The molecule has 7 heteroatoms. The van der Waals surface area contributed by atoms with Crippen LogP contribution in [0, 0.1) is 23.7 Å². The summed E-state index contributed by atoms with van der Waals surface area (Å²) in [5, 5.41) is 2.96. The molecule has 3 aliphatic rings. The van der Waals surface area contributed by atoms with Gasteiger partial charge in [0.05, 0.1) is 24.1 Å². The number of aromatic nitrogens is 2. The number of carbonyl (C=O) groups excluding carboxylic acids is 2. The number of amides is 1. The lowest BCUT2D eigenvalue weighted by Crippen LogP contribution is -2.62. The van der Waals surface area contributed by atoms with Gasteiger partial charge in [0.25, 0.3) is 0 Å². The molecule has 1 aliphatic heterocycles. The SMILES string of the molecule is Cc1ncc(N2CCN(C3CC4(CC(C(=O)NC(C=O)C(C)(C)C)C4)C3)CC2)cn1. The van der Waals surface area contributed by atoms with Crippen molar-refractivity contribution in [1.29, 1.82) is 0 Å². The van der Waals surface area contributed by atoms with Gasteiger partial charge in [0, 0.05) is 38.1 Å². The molecular weight excluding hydrogens is 378 g/mol. The van der Waals surface area contributed by atoms with Gasteiger partial charge < -0.3 is 15.0 Å². The van der Waals surface area contributed by atoms with Crippen LogP contribution in [0.2, 0.25) is 0 Å². The number of carbonyl (C=O) groups is 2. The van der Waals surface area contributed by atoms with Crippen molar-refractivity contribution in [2.24, 2.45) is 16.7 Å². The van der Waals surface area contributed by atoms with E-state index in [0.717, 1.165) is 56.8 Å². The Balaban J connectivity index is 1.20. The Bertz CT molecular complexity index is 766. The van der Waals surface area contributed by atoms with Gasteiger partial charge >= 0.3 is 0 Å². The number of hydrogen-bond acceptors (Lipinski definition) is 6. The van der Waals surface area contributed by atoms with Crippen molar-refractivity contribution < 1.29 is 9.59 Å². The van der Waals surface area contributed by atoms with Crippen molar-refractivity contribution in [3.05, 3.63) is 18.2 Å². The van der Waals surface area contributed by atoms with Gasteiger partial charge in [0.1, 0.15) is 12.1 Å². The first-order valence-corrected chi connectivity index (χ1v) is 11.2. The third-order valence-electron chi connectivity index (χ3n) is 7.40. The van der Waals surface area contributed by atoms with Gasteiger partial charge in [-0.3, -0.25) is 9.69 Å². The largest absolute Gasteiger partial charge is 0.366 e. The van der Waals surface area contributed by atoms with E-state index in [9.17, 15) is 9.59 Å². The van der Waals surface area contributed by atoms with E-state index in [0.29, 0.717) is 11.5 Å². The Kier molecular flexibility index (Phi) is 5.60. The fourth-order valence-electron chi connectivity index (χ4n) is 5.32. The maximum atomic E-state index is 12.5. The number of nitrogens with one attached hydrogen (secondary N) is 1. The van der Waals surface area contributed by atoms with E-state index in [1.54, 1.807) is 0 Å². The molecule has 1 atom stereocenters. The van der Waals surface area contributed by atoms with Gasteiger partial charge in [-0.2, -0.15) is 0 Å². The number of rotatable bonds is 5. The standard InChI is InChI=1S/C23H35N5O2/c1-16-24-13-19(14-25-16)28-7-5-27(6-8-28)18-11-23(12-18)9-17(10-23)21(30)26-20(15-29)22(2,3)4/h13-15,17-18,20H,5-12H2,1-4H3,(H,26,30). The summed E-state index contributed by atoms with van der Waals surface area (Å²) >= 11 is 0. The molecule has 1 saturated heterocycles. The monoisotopic (exact) mass is 413 g/mol. The summed E-state index contributed by atoms with van der Waals surface area (Å²) in [5.74, 6) is 0.948. The van der Waals surface area contributed by atoms with Crippen LogP contribution in [-0.2, 0) is 9.59 Å². The van der Waals surface area contributed by atoms with Crippen LogP contribution in [0.3, 0.4) is 0 Å². The predicted molar refractivity (Wildman–Crippen MR) is 116 cm³/mol. The average molecular weight is 414 g/mol. The van der Waals surface area contributed by atoms with E-state index in [1.165, 1.54) is 12.8 Å². The lowest BCUT2D eigenvalue weighted by atomic mass is 9.49. The molecule has 0 aromatic carbocycles. The zero-order valence-electron chi connectivity index (χ0n) is 18.7. The lowest BCUT2D eigenvalue weighted by molar-refractivity contribution is -0.145. The van der Waals surface area contributed by atoms with Crippen molar-refractivity contribution in [3.8, 4) is 0 Å². The second-order valence-electron chi connectivity index (χ2n) is 10.7. The Morgan fingerprint density at radius 1 is 1.13 bits per heavy atom. The molecule has 1 N–H and O–H groups in total. The third-order valence-corrected chi connectivity index (χ3v) is 7.40. The molecule has 4 rings (SSSR count). The normalized spacial score (nSPS) is 30.3. The second-order valence-corrected chi connectivity index (χ2v) is 10.7. The Morgan fingerprint density at radius 3 is 2.27 bits per heavy atom. The fraction of sp³-hybridized carbons (Fsp3) is 0.739. The highest BCUT2D eigenvalue weighted by Gasteiger charge is 2.56. The van der Waals surface area contributed by atoms with E-state index in [4.69, 9.17) is 0 Å². The maximum Gasteiger partial charge on any atom is 0.223 e. The van der Waals surface area contributed by atoms with Gasteiger partial charge in [0.15, 0.2) is 0 Å². The molecule has 0 bridgehead atoms. The Morgan fingerprint density at radius 2 is 1.73 bits per heavy atom. The summed E-state index contributed by atoms with van der Waals surface area (Å²) in [7, 11) is 0. The van der Waals surface area contributed by atoms with Gasteiger partial charge in [-0.15, -0.1) is 0 Å². The molecule has 1 amide bonds. The lowest BCUT2D eigenvalue weighted by Gasteiger charge is -2.60. The predicted octanol–water partition coefficient (Wildman–Crippen LogP) is 2.20. The first kappa shape index (κ1) is 21.2. The van der Waals surface area contributed by atoms with Gasteiger partial charge in [-0.1, -0.05) is 20.8 Å². The van der Waals surface area contributed by atoms with E-state index in [-0.39, 0.29) is 17.2 Å². The first-order chi connectivity index (χ1) is 14.2. The zero-order valence-corrected chi connectivity index (χ0v) is 18.7. The molecule has 0 radical (unpaired) electrons. The fourth-order valence-corrected chi connectivity index (χ4v) is 5.32. The van der Waals surface area contributed by atoms with Crippen molar-refractivity contribution in [2.75, 3.05) is 31.1 Å². The minimum atomic E-state index is -0.411. The summed E-state index contributed by atoms with van der Waals surface area (Å²) in [6.45, 7) is 12.0. The minimum absolute atomic E-state index is 0.0602. The molecule has 7 nitrogen and oxygen atoms in total. The highest BCUT2D eigenvalue weighted by Crippen LogP contribution is 2.60. The highest BCUT2D eigenvalue weighted by atomic mass is 16.2. The van der Waals surface area contributed by atoms with Gasteiger partial charge in [-0.25, -0.2) is 9.97 Å². The number of aldehydes is 1. The van der Waals surface area contributed by atoms with Crippen LogP contribution in [0.1, 0.15) is 52.3 Å². The number of piperazine rings is 1. The number of aryl methyl sites for hydroxylation is 1. The summed E-state index contributed by atoms with van der Waals surface area (Å²) in [4.78, 5) is 37.5. The smallest absolute Gasteiger partial charge is 0.223 e. The van der Waals surface area contributed by atoms with Crippen molar-refractivity contribution >= 4 is 17.9 Å². The molecular formula is C23H35N5O2. The molecule has 2 saturated carbocycles. The molecule has 1 spiro atoms. The molecule has 30 heavy (non-hydrogen) atoms. The van der Waals surface area contributed by atoms with Crippen LogP contribution in [0.25, 0.3) is 0 Å². The summed E-state index contributed by atoms with van der Waals surface area (Å²) in [6.07, 6.45) is 9.09. The Hall–Kier alpha value is -2.02. The molecule has 1 aromatic heterocycles. The van der Waals surface area contributed by atoms with E-state index >= 15 is 0 Å². The quantitative estimate of drug-likeness (QED) is 0.746. The van der Waals surface area contributed by atoms with Crippen molar-refractivity contribution in [3.63, 3.8) is 0 Å². The maximum absolute atomic E-state index is 12.5. The number of hydrogen-bond donors (Lipinski definition) is 1. The van der Waals surface area contributed by atoms with Crippen molar-refractivity contribution in [1.82, 2.24) is 20.2 Å². The molecule has 2 aliphatic carbocycles. The highest BCUT2D eigenvalue weighted by molar-refractivity contribution is 5.83. The third kappa shape index (κ3) is 4.22. The van der Waals surface area contributed by atoms with Crippen LogP contribution in [0.5, 0.6) is 0 Å². The summed E-state index contributed by atoms with van der Waals surface area (Å²) in [5.41, 5.74) is 1.24. The molecule has 2 heterocycles. The van der Waals surface area contributed by atoms with Gasteiger partial charge in [-0.05, 0) is 43.4 Å². The summed E-state index contributed by atoms with van der Waals surface area (Å²) < 4.78 is 0. The molecule has 1 unspecified atom stereocenters. The van der Waals surface area contributed by atoms with E-state index < -0.39 is 6.04 Å². The van der Waals surface area contributed by atoms with Crippen molar-refractivity contribution in [2.45, 2.75) is 65.5 Å². The average Bonchev–Trinajstić information content (AvgIpc) is 2.64. The van der Waals surface area contributed by atoms with Crippen LogP contribution < -0.4 is 10.2 Å². The summed E-state index contributed by atoms with van der Waals surface area (Å²) in [6, 6.07) is 0.244. The van der Waals surface area contributed by atoms with Crippen LogP contribution in [-0.4, -0.2) is 65.3 Å². The van der Waals surface area contributed by atoms with E-state index in [1.807, 2.05) is 40.1 Å². The van der Waals surface area contributed by atoms with Crippen LogP contribution >= 0.6 is 0 Å². The first-order valence-electron chi connectivity index (χ1n) is 11.2. The topological polar surface area (TPSA) is 78.4 Å². The Labute approximate surface area is 179 Å². The second kappa shape index (κ2) is 7.91. The minimum Gasteiger partial charge on any atom is -0.366 e. The number of anilines is 1. The zero-order chi connectivity index (χ0) is 21.5.